The smallest absolute Gasteiger partial charge is 0.409 e. The number of fused-ring (bicyclic) bond motifs is 3. The number of nitriles is 1. The average Bonchev–Trinajstić information content (AvgIpc) is 4.11. The number of carbonyl (C=O) groups excluding carboxylic acids is 4. The Morgan fingerprint density at radius 1 is 0.904 bits per heavy atom. The summed E-state index contributed by atoms with van der Waals surface area (Å²) in [6, 6.07) is 20.4. The van der Waals surface area contributed by atoms with Crippen LogP contribution in [-0.4, -0.2) is 96.2 Å². The van der Waals surface area contributed by atoms with E-state index >= 15 is 0 Å². The molecule has 5 heterocycles. The molecule has 0 saturated carbocycles. The van der Waals surface area contributed by atoms with Gasteiger partial charge in [0.2, 0.25) is 11.8 Å². The van der Waals surface area contributed by atoms with Crippen LogP contribution in [0.4, 0.5) is 4.79 Å². The number of ether oxygens (including phenoxy) is 2. The molecule has 2 unspecified atom stereocenters. The first-order chi connectivity index (χ1) is 34.5. The molecule has 5 atom stereocenters. The van der Waals surface area contributed by atoms with Crippen LogP contribution in [0.3, 0.4) is 0 Å². The predicted molar refractivity (Wildman–Crippen MR) is 280 cm³/mol. The summed E-state index contributed by atoms with van der Waals surface area (Å²) < 4.78 is 13.4. The van der Waals surface area contributed by atoms with Gasteiger partial charge in [-0.1, -0.05) is 75.4 Å². The van der Waals surface area contributed by atoms with Gasteiger partial charge in [0.1, 0.15) is 40.3 Å². The van der Waals surface area contributed by atoms with Gasteiger partial charge in [-0.3, -0.25) is 29.3 Å². The topological polar surface area (TPSA) is 226 Å². The lowest BCUT2D eigenvalue weighted by atomic mass is 9.85. The molecule has 1 fully saturated rings. The molecule has 0 spiro atoms. The number of aliphatic imine (C=N–C) groups is 1. The number of likely N-dealkylation sites (tertiary alicyclic amines) is 1. The van der Waals surface area contributed by atoms with Gasteiger partial charge in [-0.25, -0.2) is 9.78 Å². The van der Waals surface area contributed by atoms with Crippen molar-refractivity contribution in [3.05, 3.63) is 122 Å². The highest BCUT2D eigenvalue weighted by atomic mass is 32.1. The molecule has 2 aliphatic heterocycles. The highest BCUT2D eigenvalue weighted by Crippen LogP contribution is 2.39. The lowest BCUT2D eigenvalue weighted by molar-refractivity contribution is -0.144. The summed E-state index contributed by atoms with van der Waals surface area (Å²) in [4.78, 5) is 67.8. The lowest BCUT2D eigenvalue weighted by Gasteiger charge is -2.35. The Balaban J connectivity index is 0.942. The van der Waals surface area contributed by atoms with Gasteiger partial charge in [-0.2, -0.15) is 5.26 Å². The van der Waals surface area contributed by atoms with Crippen molar-refractivity contribution < 1.29 is 33.8 Å². The van der Waals surface area contributed by atoms with Crippen molar-refractivity contribution in [3.63, 3.8) is 0 Å². The largest absolute Gasteiger partial charge is 0.482 e. The molecule has 17 nitrogen and oxygen atoms in total. The fourth-order valence-electron chi connectivity index (χ4n) is 8.94. The summed E-state index contributed by atoms with van der Waals surface area (Å²) in [5.41, 5.74) is 8.20. The van der Waals surface area contributed by atoms with Gasteiger partial charge >= 0.3 is 6.09 Å². The third-order valence-electron chi connectivity index (χ3n) is 12.8. The minimum atomic E-state index is -1.08. The number of hydrogen-bond donors (Lipinski definition) is 4. The lowest BCUT2D eigenvalue weighted by Crippen LogP contribution is -2.58. The fourth-order valence-corrected chi connectivity index (χ4v) is 11.0. The Morgan fingerprint density at radius 2 is 1.58 bits per heavy atom. The second kappa shape index (κ2) is 20.7. The Labute approximate surface area is 432 Å². The molecule has 6 aromatic rings. The van der Waals surface area contributed by atoms with Crippen LogP contribution in [0.15, 0.2) is 77.2 Å². The van der Waals surface area contributed by atoms with Crippen molar-refractivity contribution in [2.45, 2.75) is 119 Å². The number of hydrogen-bond acceptors (Lipinski definition) is 14. The zero-order valence-corrected chi connectivity index (χ0v) is 44.4. The molecule has 3 aromatic heterocycles. The molecule has 0 bridgehead atoms. The van der Waals surface area contributed by atoms with E-state index in [2.05, 4.69) is 44.1 Å². The second-order valence-electron chi connectivity index (χ2n) is 20.5. The molecular formula is C54H60N10O7S2. The SMILES string of the molecule is Cc1ncsc1-c1ccc([C@H](C)NC(=O)[C@@H]2C[C@@H](O)CN2C(=O)C(NC(=O)COc2ccc(-c3ccc(C4=NC(NC(=O)OC(C)(C)C)c5nnc(C)n5-c5sc(C)c(C)c54)cc3)cc2C#N)C(C)(C)C)cc1. The normalized spacial score (nSPS) is 17.3. The number of thiophene rings is 1. The fraction of sp³-hybridized carbons (Fsp3) is 0.389. The standard InChI is InChI=1S/C54H60N10O7S2/c1-28-31(4)73-51-43(28)44(59-47(48-62-61-32(5)64(48)51)60-52(69)71-54(9,10)11)35-16-14-34(15-17-35)37-20-21-41(38(22-37)24-55)70-26-42(66)58-46(53(6,7)8)50(68)63-25-39(65)23-40(63)49(67)57-29(2)33-12-18-36(19-13-33)45-30(3)56-27-72-45/h12-22,27,29,39-40,46-47,65H,23,25-26H2,1-11H3,(H,57,67)(H,58,66)(H,60,69)/t29-,39+,40-,46?,47?/m0/s1. The number of β-amino-alcohol motifs (C(OH)–C–C–N with tert-alkyl or cyclic N) is 1. The second-order valence-corrected chi connectivity index (χ2v) is 22.6. The zero-order chi connectivity index (χ0) is 52.7. The number of benzene rings is 3. The van der Waals surface area contributed by atoms with E-state index in [1.54, 1.807) is 87.9 Å². The summed E-state index contributed by atoms with van der Waals surface area (Å²) in [6.07, 6.45) is -2.44. The molecule has 73 heavy (non-hydrogen) atoms. The van der Waals surface area contributed by atoms with Crippen LogP contribution < -0.4 is 20.7 Å². The van der Waals surface area contributed by atoms with Crippen LogP contribution in [0.1, 0.15) is 117 Å². The third-order valence-corrected chi connectivity index (χ3v) is 15.0. The van der Waals surface area contributed by atoms with Crippen LogP contribution in [0.2, 0.25) is 0 Å². The molecule has 4 N–H and O–H groups in total. The number of aliphatic hydroxyl groups is 1. The Morgan fingerprint density at radius 3 is 2.22 bits per heavy atom. The van der Waals surface area contributed by atoms with E-state index < -0.39 is 65.8 Å². The van der Waals surface area contributed by atoms with Gasteiger partial charge in [0.25, 0.3) is 5.91 Å². The van der Waals surface area contributed by atoms with Gasteiger partial charge in [0, 0.05) is 29.0 Å². The van der Waals surface area contributed by atoms with Gasteiger partial charge in [0.05, 0.1) is 39.5 Å². The van der Waals surface area contributed by atoms with Crippen LogP contribution in [0.5, 0.6) is 5.75 Å². The highest BCUT2D eigenvalue weighted by Gasteiger charge is 2.45. The molecule has 380 valence electrons. The van der Waals surface area contributed by atoms with Crippen LogP contribution in [-0.2, 0) is 19.1 Å². The first-order valence-electron chi connectivity index (χ1n) is 24.0. The molecule has 0 aliphatic carbocycles. The number of alkyl carbamates (subject to hydrolysis) is 1. The Hall–Kier alpha value is -7.27. The number of rotatable bonds is 12. The van der Waals surface area contributed by atoms with Crippen molar-refractivity contribution in [3.8, 4) is 38.4 Å². The number of aliphatic hydroxyl groups excluding tert-OH is 1. The molecule has 8 rings (SSSR count). The maximum atomic E-state index is 14.3. The van der Waals surface area contributed by atoms with Gasteiger partial charge in [0.15, 0.2) is 18.6 Å². The number of aryl methyl sites for hydroxylation is 3. The van der Waals surface area contributed by atoms with Gasteiger partial charge < -0.3 is 30.1 Å². The molecule has 0 radical (unpaired) electrons. The van der Waals surface area contributed by atoms with E-state index in [1.807, 2.05) is 80.8 Å². The molecule has 3 aromatic carbocycles. The first kappa shape index (κ1) is 52.1. The summed E-state index contributed by atoms with van der Waals surface area (Å²) in [5, 5.41) is 39.4. The van der Waals surface area contributed by atoms with Crippen molar-refractivity contribution in [2.75, 3.05) is 13.2 Å². The van der Waals surface area contributed by atoms with E-state index in [-0.39, 0.29) is 30.3 Å². The number of amides is 4. The van der Waals surface area contributed by atoms with Crippen LogP contribution in [0, 0.1) is 44.4 Å². The number of carbonyl (C=O) groups is 4. The van der Waals surface area contributed by atoms with E-state index in [0.29, 0.717) is 17.4 Å². The van der Waals surface area contributed by atoms with Gasteiger partial charge in [-0.05, 0) is 101 Å². The molecular weight excluding hydrogens is 965 g/mol. The van der Waals surface area contributed by atoms with Crippen molar-refractivity contribution >= 4 is 52.2 Å². The minimum Gasteiger partial charge on any atom is -0.482 e. The van der Waals surface area contributed by atoms with Crippen LogP contribution >= 0.6 is 22.7 Å². The average molecular weight is 1030 g/mol. The van der Waals surface area contributed by atoms with Crippen molar-refractivity contribution in [1.82, 2.24) is 40.6 Å². The quantitative estimate of drug-likeness (QED) is 0.0911. The van der Waals surface area contributed by atoms with Crippen molar-refractivity contribution in [2.24, 2.45) is 10.4 Å². The van der Waals surface area contributed by atoms with E-state index in [1.165, 1.54) is 4.90 Å². The van der Waals surface area contributed by atoms with E-state index in [0.717, 1.165) is 59.4 Å². The number of aromatic nitrogens is 4. The summed E-state index contributed by atoms with van der Waals surface area (Å²) >= 11 is 3.16. The zero-order valence-electron chi connectivity index (χ0n) is 42.8. The highest BCUT2D eigenvalue weighted by molar-refractivity contribution is 7.15. The predicted octanol–water partition coefficient (Wildman–Crippen LogP) is 8.35. The van der Waals surface area contributed by atoms with E-state index in [4.69, 9.17) is 14.5 Å². The monoisotopic (exact) mass is 1020 g/mol. The molecule has 1 saturated heterocycles. The summed E-state index contributed by atoms with van der Waals surface area (Å²) in [5.74, 6) is -0.255. The third kappa shape index (κ3) is 11.2. The Kier molecular flexibility index (Phi) is 14.8. The Bertz CT molecular complexity index is 3160. The summed E-state index contributed by atoms with van der Waals surface area (Å²) in [7, 11) is 0. The maximum absolute atomic E-state index is 14.3. The van der Waals surface area contributed by atoms with Crippen LogP contribution in [0.25, 0.3) is 26.6 Å². The van der Waals surface area contributed by atoms with E-state index in [9.17, 15) is 29.5 Å². The number of nitrogens with one attached hydrogen (secondary N) is 3. The molecule has 2 aliphatic rings. The maximum Gasteiger partial charge on any atom is 0.409 e. The molecule has 4 amide bonds. The number of thiazole rings is 1. The minimum absolute atomic E-state index is 0.0459. The summed E-state index contributed by atoms with van der Waals surface area (Å²) in [6.45, 7) is 20.0. The molecule has 19 heteroatoms. The van der Waals surface area contributed by atoms with Crippen molar-refractivity contribution in [1.29, 1.82) is 5.26 Å². The van der Waals surface area contributed by atoms with Gasteiger partial charge in [-0.15, -0.1) is 32.9 Å². The first-order valence-corrected chi connectivity index (χ1v) is 25.7. The number of nitrogens with zero attached hydrogens (tertiary/aromatic N) is 7.